The van der Waals surface area contributed by atoms with Crippen LogP contribution in [0.1, 0.15) is 30.0 Å². The molecular weight excluding hydrogens is 302 g/mol. The largest absolute Gasteiger partial charge is 0.484 e. The summed E-state index contributed by atoms with van der Waals surface area (Å²) in [6.45, 7) is 5.75. The van der Waals surface area contributed by atoms with E-state index >= 15 is 0 Å². The molecule has 0 unspecified atom stereocenters. The van der Waals surface area contributed by atoms with E-state index in [4.69, 9.17) is 4.74 Å². The van der Waals surface area contributed by atoms with Gasteiger partial charge in [0.25, 0.3) is 5.91 Å². The van der Waals surface area contributed by atoms with Crippen LogP contribution in [0.25, 0.3) is 0 Å². The van der Waals surface area contributed by atoms with E-state index in [1.54, 1.807) is 6.92 Å². The maximum absolute atomic E-state index is 12.0. The lowest BCUT2D eigenvalue weighted by molar-refractivity contribution is -0.118. The number of amides is 1. The molecule has 0 saturated carbocycles. The molecule has 128 valence electrons. The Morgan fingerprint density at radius 3 is 2.54 bits per heavy atom. The number of benzene rings is 2. The minimum atomic E-state index is -0.297. The molecule has 4 heteroatoms. The molecule has 0 aliphatic carbocycles. The van der Waals surface area contributed by atoms with Crippen molar-refractivity contribution in [1.29, 1.82) is 0 Å². The summed E-state index contributed by atoms with van der Waals surface area (Å²) in [7, 11) is 0. The van der Waals surface area contributed by atoms with Crippen molar-refractivity contribution in [3.05, 3.63) is 59.2 Å². The summed E-state index contributed by atoms with van der Waals surface area (Å²) in [5.41, 5.74) is 4.16. The molecule has 2 rings (SSSR count). The topological polar surface area (TPSA) is 58.6 Å². The number of anilines is 1. The summed E-state index contributed by atoms with van der Waals surface area (Å²) >= 11 is 0. The molecule has 0 fully saturated rings. The summed E-state index contributed by atoms with van der Waals surface area (Å²) in [6.07, 6.45) is 1.26. The quantitative estimate of drug-likeness (QED) is 0.816. The van der Waals surface area contributed by atoms with Crippen molar-refractivity contribution in [1.82, 2.24) is 0 Å². The number of aliphatic hydroxyl groups excluding tert-OH is 1. The highest BCUT2D eigenvalue weighted by Gasteiger charge is 2.07. The van der Waals surface area contributed by atoms with Gasteiger partial charge in [-0.15, -0.1) is 0 Å². The maximum Gasteiger partial charge on any atom is 0.262 e. The molecule has 0 bridgehead atoms. The van der Waals surface area contributed by atoms with Gasteiger partial charge in [0.1, 0.15) is 5.75 Å². The minimum Gasteiger partial charge on any atom is -0.484 e. The Morgan fingerprint density at radius 2 is 1.88 bits per heavy atom. The van der Waals surface area contributed by atoms with E-state index in [2.05, 4.69) is 5.32 Å². The van der Waals surface area contributed by atoms with Gasteiger partial charge in [0, 0.05) is 5.69 Å². The van der Waals surface area contributed by atoms with Gasteiger partial charge >= 0.3 is 0 Å². The van der Waals surface area contributed by atoms with E-state index < -0.39 is 0 Å². The number of aryl methyl sites for hydroxylation is 2. The standard InChI is InChI=1S/C20H25NO3/c1-14-5-4-6-19(16(14)3)21-20(23)13-24-18-11-9-17(10-12-18)8-7-15(2)22/h4-6,9-12,15,22H,7-8,13H2,1-3H3,(H,21,23)/t15-/m1/s1. The summed E-state index contributed by atoms with van der Waals surface area (Å²) in [5.74, 6) is 0.480. The number of carbonyl (C=O) groups is 1. The van der Waals surface area contributed by atoms with Crippen LogP contribution in [0.2, 0.25) is 0 Å². The second-order valence-electron chi connectivity index (χ2n) is 6.12. The van der Waals surface area contributed by atoms with Gasteiger partial charge in [0.15, 0.2) is 6.61 Å². The molecule has 0 aromatic heterocycles. The van der Waals surface area contributed by atoms with E-state index in [0.29, 0.717) is 5.75 Å². The molecule has 2 aromatic rings. The third kappa shape index (κ3) is 5.39. The van der Waals surface area contributed by atoms with Crippen LogP contribution in [0.4, 0.5) is 5.69 Å². The number of carbonyl (C=O) groups excluding carboxylic acids is 1. The van der Waals surface area contributed by atoms with Crippen molar-refractivity contribution in [2.75, 3.05) is 11.9 Å². The molecule has 4 nitrogen and oxygen atoms in total. The lowest BCUT2D eigenvalue weighted by Crippen LogP contribution is -2.20. The Hall–Kier alpha value is -2.33. The Morgan fingerprint density at radius 1 is 1.17 bits per heavy atom. The van der Waals surface area contributed by atoms with Crippen LogP contribution in [0, 0.1) is 13.8 Å². The third-order valence-corrected chi connectivity index (χ3v) is 4.02. The fourth-order valence-electron chi connectivity index (χ4n) is 2.35. The highest BCUT2D eigenvalue weighted by molar-refractivity contribution is 5.92. The molecule has 0 aliphatic heterocycles. The van der Waals surface area contributed by atoms with Crippen LogP contribution in [0.5, 0.6) is 5.75 Å². The third-order valence-electron chi connectivity index (χ3n) is 4.02. The molecule has 24 heavy (non-hydrogen) atoms. The van der Waals surface area contributed by atoms with Gasteiger partial charge in [0.2, 0.25) is 0 Å². The fraction of sp³-hybridized carbons (Fsp3) is 0.350. The molecule has 2 aromatic carbocycles. The Bertz CT molecular complexity index is 678. The van der Waals surface area contributed by atoms with Crippen LogP contribution in [0.15, 0.2) is 42.5 Å². The summed E-state index contributed by atoms with van der Waals surface area (Å²) in [4.78, 5) is 12.0. The number of aliphatic hydroxyl groups is 1. The first-order valence-electron chi connectivity index (χ1n) is 8.21. The van der Waals surface area contributed by atoms with Crippen LogP contribution >= 0.6 is 0 Å². The zero-order valence-electron chi connectivity index (χ0n) is 14.5. The first-order chi connectivity index (χ1) is 11.5. The zero-order chi connectivity index (χ0) is 17.5. The number of hydrogen-bond acceptors (Lipinski definition) is 3. The van der Waals surface area contributed by atoms with E-state index in [-0.39, 0.29) is 18.6 Å². The molecule has 0 saturated heterocycles. The van der Waals surface area contributed by atoms with E-state index in [1.165, 1.54) is 0 Å². The van der Waals surface area contributed by atoms with Crippen LogP contribution < -0.4 is 10.1 Å². The van der Waals surface area contributed by atoms with Crippen LogP contribution in [-0.4, -0.2) is 23.7 Å². The van der Waals surface area contributed by atoms with Gasteiger partial charge in [-0.25, -0.2) is 0 Å². The number of nitrogens with one attached hydrogen (secondary N) is 1. The highest BCUT2D eigenvalue weighted by atomic mass is 16.5. The van der Waals surface area contributed by atoms with Gasteiger partial charge < -0.3 is 15.2 Å². The molecular formula is C20H25NO3. The van der Waals surface area contributed by atoms with Crippen molar-refractivity contribution in [3.8, 4) is 5.75 Å². The predicted octanol–water partition coefficient (Wildman–Crippen LogP) is 3.63. The van der Waals surface area contributed by atoms with E-state index in [0.717, 1.165) is 35.2 Å². The monoisotopic (exact) mass is 327 g/mol. The fourth-order valence-corrected chi connectivity index (χ4v) is 2.35. The van der Waals surface area contributed by atoms with Crippen molar-refractivity contribution in [2.45, 2.75) is 39.7 Å². The molecule has 0 aliphatic rings. The van der Waals surface area contributed by atoms with E-state index in [9.17, 15) is 9.90 Å². The van der Waals surface area contributed by atoms with Gasteiger partial charge in [-0.2, -0.15) is 0 Å². The molecule has 1 amide bonds. The second-order valence-corrected chi connectivity index (χ2v) is 6.12. The molecule has 0 radical (unpaired) electrons. The second kappa shape index (κ2) is 8.50. The van der Waals surface area contributed by atoms with Crippen LogP contribution in [0.3, 0.4) is 0 Å². The molecule has 2 N–H and O–H groups in total. The molecule has 0 heterocycles. The Kier molecular flexibility index (Phi) is 6.38. The average molecular weight is 327 g/mol. The zero-order valence-corrected chi connectivity index (χ0v) is 14.5. The highest BCUT2D eigenvalue weighted by Crippen LogP contribution is 2.18. The smallest absolute Gasteiger partial charge is 0.262 e. The molecule has 0 spiro atoms. The normalized spacial score (nSPS) is 11.8. The van der Waals surface area contributed by atoms with Crippen molar-refractivity contribution in [3.63, 3.8) is 0 Å². The first kappa shape index (κ1) is 18.0. The number of ether oxygens (including phenoxy) is 1. The predicted molar refractivity (Wildman–Crippen MR) is 96.5 cm³/mol. The van der Waals surface area contributed by atoms with Gasteiger partial charge in [-0.05, 0) is 68.5 Å². The Labute approximate surface area is 143 Å². The number of hydrogen-bond donors (Lipinski definition) is 2. The summed E-state index contributed by atoms with van der Waals surface area (Å²) in [6, 6.07) is 13.4. The lowest BCUT2D eigenvalue weighted by atomic mass is 10.1. The Balaban J connectivity index is 1.84. The van der Waals surface area contributed by atoms with Crippen molar-refractivity contribution >= 4 is 11.6 Å². The number of rotatable bonds is 7. The van der Waals surface area contributed by atoms with E-state index in [1.807, 2.05) is 56.3 Å². The van der Waals surface area contributed by atoms with Gasteiger partial charge in [-0.3, -0.25) is 4.79 Å². The average Bonchev–Trinajstić information content (AvgIpc) is 2.56. The van der Waals surface area contributed by atoms with Crippen molar-refractivity contribution in [2.24, 2.45) is 0 Å². The van der Waals surface area contributed by atoms with Crippen molar-refractivity contribution < 1.29 is 14.6 Å². The first-order valence-corrected chi connectivity index (χ1v) is 8.21. The van der Waals surface area contributed by atoms with Gasteiger partial charge in [-0.1, -0.05) is 24.3 Å². The summed E-state index contributed by atoms with van der Waals surface area (Å²) < 4.78 is 5.53. The lowest BCUT2D eigenvalue weighted by Gasteiger charge is -2.11. The maximum atomic E-state index is 12.0. The van der Waals surface area contributed by atoms with Crippen LogP contribution in [-0.2, 0) is 11.2 Å². The minimum absolute atomic E-state index is 0.0274. The molecule has 1 atom stereocenters. The summed E-state index contributed by atoms with van der Waals surface area (Å²) in [5, 5.41) is 12.2. The van der Waals surface area contributed by atoms with Gasteiger partial charge in [0.05, 0.1) is 6.10 Å². The SMILES string of the molecule is Cc1cccc(NC(=O)COc2ccc(CC[C@@H](C)O)cc2)c1C.